The number of aromatic nitrogens is 1. The molecule has 1 N–H and O–H groups in total. The molecule has 0 atom stereocenters. The van der Waals surface area contributed by atoms with Crippen LogP contribution in [0.25, 0.3) is 0 Å². The first kappa shape index (κ1) is 17.8. The molecule has 1 aromatic heterocycles. The summed E-state index contributed by atoms with van der Waals surface area (Å²) >= 11 is 3.71. The third-order valence-corrected chi connectivity index (χ3v) is 4.79. The number of rotatable bonds is 7. The van der Waals surface area contributed by atoms with Gasteiger partial charge in [0.1, 0.15) is 0 Å². The number of thioether (sulfide) groups is 1. The highest BCUT2D eigenvalue weighted by Crippen LogP contribution is 2.33. The van der Waals surface area contributed by atoms with Crippen molar-refractivity contribution < 1.29 is 0 Å². The molecule has 0 unspecified atom stereocenters. The van der Waals surface area contributed by atoms with Gasteiger partial charge in [-0.05, 0) is 6.26 Å². The molecule has 0 aliphatic rings. The van der Waals surface area contributed by atoms with E-state index in [0.29, 0.717) is 6.04 Å². The van der Waals surface area contributed by atoms with E-state index in [9.17, 15) is 0 Å². The van der Waals surface area contributed by atoms with Gasteiger partial charge in [0.25, 0.3) is 0 Å². The lowest BCUT2D eigenvalue weighted by molar-refractivity contribution is 0.546. The summed E-state index contributed by atoms with van der Waals surface area (Å²) in [5.41, 5.74) is 1.34. The lowest BCUT2D eigenvalue weighted by atomic mass is 9.91. The Hall–Kier alpha value is -0.260. The van der Waals surface area contributed by atoms with Gasteiger partial charge in [-0.15, -0.1) is 11.3 Å². The van der Waals surface area contributed by atoms with E-state index in [1.807, 2.05) is 23.1 Å². The van der Waals surface area contributed by atoms with Crippen LogP contribution >= 0.6 is 23.1 Å². The molecule has 116 valence electrons. The molecule has 0 radical (unpaired) electrons. The number of nitrogens with zero attached hydrogens (tertiary/aromatic N) is 2. The molecule has 1 heterocycles. The summed E-state index contributed by atoms with van der Waals surface area (Å²) in [6, 6.07) is 0.502. The third-order valence-electron chi connectivity index (χ3n) is 3.02. The standard InChI is InChI=1S/C15H29N3S2/c1-11(2)16-10-12-13(15(3,4)5)17-14(20-12)18(6)8-9-19-7/h11,16H,8-10H2,1-7H3. The summed E-state index contributed by atoms with van der Waals surface area (Å²) in [6.07, 6.45) is 2.15. The Balaban J connectivity index is 2.93. The fraction of sp³-hybridized carbons (Fsp3) is 0.800. The fourth-order valence-corrected chi connectivity index (χ4v) is 3.49. The van der Waals surface area contributed by atoms with Crippen LogP contribution in [0.15, 0.2) is 0 Å². The monoisotopic (exact) mass is 315 g/mol. The Labute approximate surface area is 132 Å². The number of nitrogens with one attached hydrogen (secondary N) is 1. The van der Waals surface area contributed by atoms with Crippen LogP contribution in [0.3, 0.4) is 0 Å². The van der Waals surface area contributed by atoms with E-state index in [1.54, 1.807) is 0 Å². The number of anilines is 1. The summed E-state index contributed by atoms with van der Waals surface area (Å²) in [5.74, 6) is 1.14. The SMILES string of the molecule is CSCCN(C)c1nc(C(C)(C)C)c(CNC(C)C)s1. The van der Waals surface area contributed by atoms with Gasteiger partial charge in [-0.25, -0.2) is 4.98 Å². The van der Waals surface area contributed by atoms with Crippen LogP contribution in [0.2, 0.25) is 0 Å². The normalized spacial score (nSPS) is 12.2. The van der Waals surface area contributed by atoms with E-state index >= 15 is 0 Å². The molecule has 0 saturated carbocycles. The Morgan fingerprint density at radius 3 is 2.50 bits per heavy atom. The third kappa shape index (κ3) is 5.26. The van der Waals surface area contributed by atoms with Gasteiger partial charge in [-0.1, -0.05) is 34.6 Å². The smallest absolute Gasteiger partial charge is 0.185 e. The summed E-state index contributed by atoms with van der Waals surface area (Å²) < 4.78 is 0. The predicted molar refractivity (Wildman–Crippen MR) is 94.4 cm³/mol. The van der Waals surface area contributed by atoms with Crippen LogP contribution in [0, 0.1) is 0 Å². The van der Waals surface area contributed by atoms with Crippen molar-refractivity contribution in [2.75, 3.05) is 30.5 Å². The maximum atomic E-state index is 4.91. The highest BCUT2D eigenvalue weighted by molar-refractivity contribution is 7.98. The molecule has 0 aromatic carbocycles. The second-order valence-electron chi connectivity index (χ2n) is 6.47. The van der Waals surface area contributed by atoms with Crippen LogP contribution in [0.4, 0.5) is 5.13 Å². The summed E-state index contributed by atoms with van der Waals surface area (Å²) in [6.45, 7) is 13.1. The van der Waals surface area contributed by atoms with Crippen molar-refractivity contribution in [2.24, 2.45) is 0 Å². The molecule has 5 heteroatoms. The second kappa shape index (κ2) is 7.66. The van der Waals surface area contributed by atoms with Gasteiger partial charge in [-0.2, -0.15) is 11.8 Å². The largest absolute Gasteiger partial charge is 0.350 e. The quantitative estimate of drug-likeness (QED) is 0.830. The van der Waals surface area contributed by atoms with Crippen LogP contribution < -0.4 is 10.2 Å². The average molecular weight is 316 g/mol. The van der Waals surface area contributed by atoms with E-state index < -0.39 is 0 Å². The Morgan fingerprint density at radius 1 is 1.35 bits per heavy atom. The van der Waals surface area contributed by atoms with Gasteiger partial charge in [-0.3, -0.25) is 0 Å². The van der Waals surface area contributed by atoms with Crippen LogP contribution in [0.1, 0.15) is 45.2 Å². The highest BCUT2D eigenvalue weighted by atomic mass is 32.2. The molecule has 0 saturated heterocycles. The highest BCUT2D eigenvalue weighted by Gasteiger charge is 2.24. The van der Waals surface area contributed by atoms with Gasteiger partial charge in [0.15, 0.2) is 5.13 Å². The molecule has 3 nitrogen and oxygen atoms in total. The molecular weight excluding hydrogens is 286 g/mol. The van der Waals surface area contributed by atoms with Gasteiger partial charge in [0.05, 0.1) is 5.69 Å². The van der Waals surface area contributed by atoms with Gasteiger partial charge in [0.2, 0.25) is 0 Å². The van der Waals surface area contributed by atoms with Crippen molar-refractivity contribution in [1.29, 1.82) is 0 Å². The second-order valence-corrected chi connectivity index (χ2v) is 8.52. The summed E-state index contributed by atoms with van der Waals surface area (Å²) in [7, 11) is 2.14. The van der Waals surface area contributed by atoms with Crippen LogP contribution in [-0.2, 0) is 12.0 Å². The molecule has 0 aliphatic heterocycles. The van der Waals surface area contributed by atoms with Crippen molar-refractivity contribution in [1.82, 2.24) is 10.3 Å². The zero-order valence-electron chi connectivity index (χ0n) is 13.9. The molecule has 1 aromatic rings. The van der Waals surface area contributed by atoms with Crippen molar-refractivity contribution in [2.45, 2.75) is 52.6 Å². The molecular formula is C15H29N3S2. The molecule has 1 rings (SSSR count). The molecule has 0 amide bonds. The van der Waals surface area contributed by atoms with Gasteiger partial charge < -0.3 is 10.2 Å². The predicted octanol–water partition coefficient (Wildman–Crippen LogP) is 3.74. The molecule has 0 bridgehead atoms. The molecule has 0 spiro atoms. The minimum atomic E-state index is 0.100. The van der Waals surface area contributed by atoms with E-state index in [2.05, 4.69) is 58.1 Å². The first-order valence-corrected chi connectivity index (χ1v) is 9.40. The fourth-order valence-electron chi connectivity index (χ4n) is 1.83. The maximum absolute atomic E-state index is 4.91. The van der Waals surface area contributed by atoms with Crippen molar-refractivity contribution in [3.63, 3.8) is 0 Å². The number of hydrogen-bond acceptors (Lipinski definition) is 5. The van der Waals surface area contributed by atoms with E-state index in [-0.39, 0.29) is 5.41 Å². The minimum Gasteiger partial charge on any atom is -0.350 e. The number of hydrogen-bond donors (Lipinski definition) is 1. The molecule has 0 fully saturated rings. The van der Waals surface area contributed by atoms with E-state index in [4.69, 9.17) is 4.98 Å². The summed E-state index contributed by atoms with van der Waals surface area (Å²) in [5, 5.41) is 4.66. The van der Waals surface area contributed by atoms with Crippen molar-refractivity contribution in [3.05, 3.63) is 10.6 Å². The zero-order chi connectivity index (χ0) is 15.3. The first-order valence-electron chi connectivity index (χ1n) is 7.19. The van der Waals surface area contributed by atoms with Crippen molar-refractivity contribution in [3.8, 4) is 0 Å². The Morgan fingerprint density at radius 2 is 2.00 bits per heavy atom. The number of thiazole rings is 1. The van der Waals surface area contributed by atoms with E-state index in [1.165, 1.54) is 10.6 Å². The molecule has 20 heavy (non-hydrogen) atoms. The topological polar surface area (TPSA) is 28.2 Å². The zero-order valence-corrected chi connectivity index (χ0v) is 15.5. The van der Waals surface area contributed by atoms with Gasteiger partial charge in [0, 0.05) is 42.2 Å². The van der Waals surface area contributed by atoms with Crippen LogP contribution in [0.5, 0.6) is 0 Å². The summed E-state index contributed by atoms with van der Waals surface area (Å²) in [4.78, 5) is 8.55. The molecule has 0 aliphatic carbocycles. The first-order chi connectivity index (χ1) is 9.25. The Kier molecular flexibility index (Phi) is 6.82. The lowest BCUT2D eigenvalue weighted by Crippen LogP contribution is -2.24. The van der Waals surface area contributed by atoms with Crippen molar-refractivity contribution >= 4 is 28.2 Å². The maximum Gasteiger partial charge on any atom is 0.185 e. The Bertz CT molecular complexity index is 408. The lowest BCUT2D eigenvalue weighted by Gasteiger charge is -2.18. The average Bonchev–Trinajstić information content (AvgIpc) is 2.77. The van der Waals surface area contributed by atoms with Crippen LogP contribution in [-0.4, -0.2) is 36.6 Å². The van der Waals surface area contributed by atoms with Gasteiger partial charge >= 0.3 is 0 Å². The minimum absolute atomic E-state index is 0.100. The van der Waals surface area contributed by atoms with E-state index in [0.717, 1.165) is 24.0 Å².